The van der Waals surface area contributed by atoms with Crippen molar-refractivity contribution in [3.63, 3.8) is 0 Å². The molecule has 1 aromatic carbocycles. The van der Waals surface area contributed by atoms with Crippen LogP contribution in [0.25, 0.3) is 0 Å². The molecule has 1 N–H and O–H groups in total. The summed E-state index contributed by atoms with van der Waals surface area (Å²) in [5.74, 6) is 0.582. The minimum atomic E-state index is -3.16. The van der Waals surface area contributed by atoms with Gasteiger partial charge in [-0.15, -0.1) is 12.4 Å². The molecule has 0 unspecified atom stereocenters. The number of nitrogens with one attached hydrogen (secondary N) is 1. The van der Waals surface area contributed by atoms with Crippen molar-refractivity contribution in [2.24, 2.45) is 0 Å². The summed E-state index contributed by atoms with van der Waals surface area (Å²) in [5, 5.41) is 3.22. The minimum Gasteiger partial charge on any atom is -0.492 e. The van der Waals surface area contributed by atoms with Gasteiger partial charge in [-0.2, -0.15) is 0 Å². The van der Waals surface area contributed by atoms with Crippen LogP contribution in [0, 0.1) is 0 Å². The van der Waals surface area contributed by atoms with E-state index in [1.54, 1.807) is 24.3 Å². The number of hydrogen-bond donors (Lipinski definition) is 1. The van der Waals surface area contributed by atoms with Gasteiger partial charge in [0.25, 0.3) is 0 Å². The minimum absolute atomic E-state index is 0. The van der Waals surface area contributed by atoms with E-state index >= 15 is 0 Å². The Morgan fingerprint density at radius 2 is 2.00 bits per heavy atom. The number of hydrogen-bond acceptors (Lipinski definition) is 4. The molecule has 0 aliphatic carbocycles. The van der Waals surface area contributed by atoms with E-state index in [0.717, 1.165) is 6.54 Å². The molecule has 0 amide bonds. The van der Waals surface area contributed by atoms with Crippen LogP contribution < -0.4 is 10.1 Å². The molecule has 0 aliphatic rings. The smallest absolute Gasteiger partial charge is 0.175 e. The Kier molecular flexibility index (Phi) is 7.28. The summed E-state index contributed by atoms with van der Waals surface area (Å²) in [6.45, 7) is 5.38. The highest BCUT2D eigenvalue weighted by molar-refractivity contribution is 7.90. The first-order valence-corrected chi connectivity index (χ1v) is 7.45. The quantitative estimate of drug-likeness (QED) is 0.814. The predicted octanol–water partition coefficient (Wildman–Crippen LogP) is 1.89. The highest BCUT2D eigenvalue weighted by Gasteiger charge is 2.07. The van der Waals surface area contributed by atoms with E-state index in [9.17, 15) is 8.42 Å². The first-order chi connectivity index (χ1) is 7.89. The lowest BCUT2D eigenvalue weighted by Crippen LogP contribution is -2.27. The molecule has 0 bridgehead atoms. The number of sulfone groups is 1. The zero-order valence-corrected chi connectivity index (χ0v) is 12.5. The summed E-state index contributed by atoms with van der Waals surface area (Å²) >= 11 is 0. The maximum atomic E-state index is 11.3. The summed E-state index contributed by atoms with van der Waals surface area (Å²) in [6.07, 6.45) is 1.19. The molecule has 0 saturated heterocycles. The van der Waals surface area contributed by atoms with Crippen molar-refractivity contribution in [2.45, 2.75) is 24.8 Å². The van der Waals surface area contributed by atoms with E-state index in [4.69, 9.17) is 4.74 Å². The van der Waals surface area contributed by atoms with E-state index in [0.29, 0.717) is 18.4 Å². The lowest BCUT2D eigenvalue weighted by atomic mass is 10.3. The van der Waals surface area contributed by atoms with Gasteiger partial charge in [-0.25, -0.2) is 8.42 Å². The summed E-state index contributed by atoms with van der Waals surface area (Å²) in [6, 6.07) is 6.96. The van der Waals surface area contributed by atoms with Gasteiger partial charge in [-0.1, -0.05) is 19.9 Å². The Hall–Kier alpha value is -0.780. The zero-order valence-electron chi connectivity index (χ0n) is 10.8. The van der Waals surface area contributed by atoms with E-state index in [-0.39, 0.29) is 17.3 Å². The largest absolute Gasteiger partial charge is 0.492 e. The molecule has 0 fully saturated rings. The molecule has 6 heteroatoms. The van der Waals surface area contributed by atoms with Crippen LogP contribution in [0.1, 0.15) is 13.8 Å². The summed E-state index contributed by atoms with van der Waals surface area (Å²) in [5.41, 5.74) is 0. The van der Waals surface area contributed by atoms with Crippen molar-refractivity contribution in [2.75, 3.05) is 19.4 Å². The topological polar surface area (TPSA) is 55.4 Å². The summed E-state index contributed by atoms with van der Waals surface area (Å²) in [7, 11) is -3.16. The standard InChI is InChI=1S/C12H19NO3S.ClH/c1-10(2)13-7-8-16-11-5-4-6-12(9-11)17(3,14)15;/h4-6,9-10,13H,7-8H2,1-3H3;1H. The van der Waals surface area contributed by atoms with Crippen molar-refractivity contribution in [1.82, 2.24) is 5.32 Å². The fourth-order valence-electron chi connectivity index (χ4n) is 1.31. The molecule has 1 rings (SSSR count). The second-order valence-electron chi connectivity index (χ2n) is 4.20. The van der Waals surface area contributed by atoms with Crippen LogP contribution in [0.5, 0.6) is 5.75 Å². The molecule has 18 heavy (non-hydrogen) atoms. The van der Waals surface area contributed by atoms with Gasteiger partial charge in [0.05, 0.1) is 4.90 Å². The fourth-order valence-corrected chi connectivity index (χ4v) is 1.97. The van der Waals surface area contributed by atoms with Gasteiger partial charge in [-0.05, 0) is 18.2 Å². The van der Waals surface area contributed by atoms with E-state index in [2.05, 4.69) is 19.2 Å². The van der Waals surface area contributed by atoms with Gasteiger partial charge in [0.1, 0.15) is 12.4 Å². The third-order valence-corrected chi connectivity index (χ3v) is 3.27. The maximum Gasteiger partial charge on any atom is 0.175 e. The van der Waals surface area contributed by atoms with Gasteiger partial charge in [0.15, 0.2) is 9.84 Å². The van der Waals surface area contributed by atoms with Gasteiger partial charge in [-0.3, -0.25) is 0 Å². The summed E-state index contributed by atoms with van der Waals surface area (Å²) in [4.78, 5) is 0.284. The van der Waals surface area contributed by atoms with E-state index in [1.165, 1.54) is 6.26 Å². The SMILES string of the molecule is CC(C)NCCOc1cccc(S(C)(=O)=O)c1.Cl. The number of benzene rings is 1. The molecule has 104 valence electrons. The predicted molar refractivity (Wildman–Crippen MR) is 75.4 cm³/mol. The van der Waals surface area contributed by atoms with Crippen molar-refractivity contribution in [3.8, 4) is 5.75 Å². The van der Waals surface area contributed by atoms with Crippen molar-refractivity contribution in [3.05, 3.63) is 24.3 Å². The van der Waals surface area contributed by atoms with Crippen LogP contribution in [-0.2, 0) is 9.84 Å². The first kappa shape index (κ1) is 17.2. The number of halogens is 1. The van der Waals surface area contributed by atoms with Gasteiger partial charge >= 0.3 is 0 Å². The second kappa shape index (κ2) is 7.61. The fraction of sp³-hybridized carbons (Fsp3) is 0.500. The van der Waals surface area contributed by atoms with Crippen LogP contribution in [0.3, 0.4) is 0 Å². The van der Waals surface area contributed by atoms with Crippen molar-refractivity contribution in [1.29, 1.82) is 0 Å². The Bertz CT molecular complexity index is 460. The molecule has 0 aliphatic heterocycles. The first-order valence-electron chi connectivity index (χ1n) is 5.56. The lowest BCUT2D eigenvalue weighted by Gasteiger charge is -2.10. The monoisotopic (exact) mass is 293 g/mol. The molecule has 1 aromatic rings. The zero-order chi connectivity index (χ0) is 12.9. The average molecular weight is 294 g/mol. The molecular formula is C12H20ClNO3S. The highest BCUT2D eigenvalue weighted by Crippen LogP contribution is 2.16. The average Bonchev–Trinajstić information content (AvgIpc) is 2.23. The van der Waals surface area contributed by atoms with Gasteiger partial charge in [0, 0.05) is 18.8 Å². The number of ether oxygens (including phenoxy) is 1. The van der Waals surface area contributed by atoms with Crippen LogP contribution >= 0.6 is 12.4 Å². The maximum absolute atomic E-state index is 11.3. The third-order valence-electron chi connectivity index (χ3n) is 2.16. The Morgan fingerprint density at radius 1 is 1.33 bits per heavy atom. The Balaban J connectivity index is 0.00000289. The molecule has 0 aromatic heterocycles. The van der Waals surface area contributed by atoms with Crippen molar-refractivity contribution < 1.29 is 13.2 Å². The molecule has 0 radical (unpaired) electrons. The van der Waals surface area contributed by atoms with E-state index < -0.39 is 9.84 Å². The highest BCUT2D eigenvalue weighted by atomic mass is 35.5. The molecule has 0 saturated carbocycles. The molecule has 0 atom stereocenters. The molecule has 4 nitrogen and oxygen atoms in total. The van der Waals surface area contributed by atoms with Crippen LogP contribution in [-0.4, -0.2) is 33.9 Å². The van der Waals surface area contributed by atoms with Crippen molar-refractivity contribution >= 4 is 22.2 Å². The van der Waals surface area contributed by atoms with E-state index in [1.807, 2.05) is 0 Å². The normalized spacial score (nSPS) is 11.1. The van der Waals surface area contributed by atoms with Gasteiger partial charge < -0.3 is 10.1 Å². The van der Waals surface area contributed by atoms with Gasteiger partial charge in [0.2, 0.25) is 0 Å². The molecular weight excluding hydrogens is 274 g/mol. The van der Waals surface area contributed by atoms with Crippen LogP contribution in [0.4, 0.5) is 0 Å². The molecule has 0 heterocycles. The summed E-state index contributed by atoms with van der Waals surface area (Å²) < 4.78 is 28.1. The Morgan fingerprint density at radius 3 is 2.56 bits per heavy atom. The molecule has 0 spiro atoms. The lowest BCUT2D eigenvalue weighted by molar-refractivity contribution is 0.308. The number of rotatable bonds is 6. The third kappa shape index (κ3) is 6.23. The Labute approximate surface area is 115 Å². The van der Waals surface area contributed by atoms with Crippen LogP contribution in [0.2, 0.25) is 0 Å². The second-order valence-corrected chi connectivity index (χ2v) is 6.22. The van der Waals surface area contributed by atoms with Crippen LogP contribution in [0.15, 0.2) is 29.2 Å².